The van der Waals surface area contributed by atoms with E-state index >= 15 is 0 Å². The second-order valence-electron chi connectivity index (χ2n) is 4.77. The molecule has 0 saturated heterocycles. The molecule has 2 N–H and O–H groups in total. The minimum atomic E-state index is 0.630. The fourth-order valence-corrected chi connectivity index (χ4v) is 2.66. The molecule has 0 bridgehead atoms. The van der Waals surface area contributed by atoms with Crippen LogP contribution in [-0.4, -0.2) is 25.5 Å². The lowest BCUT2D eigenvalue weighted by atomic mass is 9.81. The van der Waals surface area contributed by atoms with Crippen molar-refractivity contribution in [3.63, 3.8) is 0 Å². The Bertz CT molecular complexity index is 344. The largest absolute Gasteiger partial charge is 0.398 e. The highest BCUT2D eigenvalue weighted by molar-refractivity contribution is 5.54. The average Bonchev–Trinajstić information content (AvgIpc) is 2.17. The lowest BCUT2D eigenvalue weighted by Gasteiger charge is -2.29. The first kappa shape index (κ1) is 10.5. The van der Waals surface area contributed by atoms with E-state index in [9.17, 15) is 0 Å². The smallest absolute Gasteiger partial charge is 0.0352 e. The molecule has 0 heterocycles. The minimum absolute atomic E-state index is 0.630. The Labute approximate surface area is 92.1 Å². The van der Waals surface area contributed by atoms with Crippen LogP contribution in [0.3, 0.4) is 0 Å². The number of anilines is 1. The van der Waals surface area contributed by atoms with E-state index in [1.807, 2.05) is 6.07 Å². The van der Waals surface area contributed by atoms with Gasteiger partial charge in [-0.25, -0.2) is 0 Å². The third kappa shape index (κ3) is 2.15. The Balaban J connectivity index is 2.32. The molecule has 15 heavy (non-hydrogen) atoms. The molecule has 2 rings (SSSR count). The van der Waals surface area contributed by atoms with Gasteiger partial charge in [-0.15, -0.1) is 0 Å². The van der Waals surface area contributed by atoms with Crippen LogP contribution >= 0.6 is 0 Å². The van der Waals surface area contributed by atoms with Crippen LogP contribution in [0.25, 0.3) is 0 Å². The Morgan fingerprint density at radius 3 is 2.93 bits per heavy atom. The molecule has 0 radical (unpaired) electrons. The number of fused-ring (bicyclic) bond motifs is 1. The van der Waals surface area contributed by atoms with Crippen molar-refractivity contribution in [2.75, 3.05) is 26.4 Å². The van der Waals surface area contributed by atoms with Crippen LogP contribution in [-0.2, 0) is 6.42 Å². The van der Waals surface area contributed by atoms with Gasteiger partial charge in [0, 0.05) is 12.2 Å². The standard InChI is InChI=1S/C13H20N2/c1-15(2)9-11-7-3-5-10-6-4-8-12(14)13(10)11/h4,6,8,11H,3,5,7,9,14H2,1-2H3. The fourth-order valence-electron chi connectivity index (χ4n) is 2.66. The summed E-state index contributed by atoms with van der Waals surface area (Å²) in [5.41, 5.74) is 9.95. The third-order valence-corrected chi connectivity index (χ3v) is 3.22. The molecule has 1 aromatic carbocycles. The van der Waals surface area contributed by atoms with Crippen molar-refractivity contribution in [3.8, 4) is 0 Å². The summed E-state index contributed by atoms with van der Waals surface area (Å²) in [7, 11) is 4.26. The molecular formula is C13H20N2. The molecule has 0 fully saturated rings. The van der Waals surface area contributed by atoms with E-state index < -0.39 is 0 Å². The van der Waals surface area contributed by atoms with E-state index in [1.54, 1.807) is 0 Å². The summed E-state index contributed by atoms with van der Waals surface area (Å²) in [5, 5.41) is 0. The van der Waals surface area contributed by atoms with E-state index in [1.165, 1.54) is 30.4 Å². The van der Waals surface area contributed by atoms with Gasteiger partial charge < -0.3 is 10.6 Å². The molecule has 0 aromatic heterocycles. The zero-order valence-electron chi connectivity index (χ0n) is 9.66. The molecule has 0 amide bonds. The maximum Gasteiger partial charge on any atom is 0.0352 e. The van der Waals surface area contributed by atoms with Crippen molar-refractivity contribution in [1.82, 2.24) is 4.90 Å². The molecule has 82 valence electrons. The number of likely N-dealkylation sites (N-methyl/N-ethyl adjacent to an activating group) is 1. The van der Waals surface area contributed by atoms with Gasteiger partial charge >= 0.3 is 0 Å². The first-order valence-electron chi connectivity index (χ1n) is 5.70. The van der Waals surface area contributed by atoms with Crippen molar-refractivity contribution in [3.05, 3.63) is 29.3 Å². The van der Waals surface area contributed by atoms with Crippen molar-refractivity contribution >= 4 is 5.69 Å². The Hall–Kier alpha value is -1.02. The van der Waals surface area contributed by atoms with Crippen LogP contribution in [0.5, 0.6) is 0 Å². The van der Waals surface area contributed by atoms with Crippen LogP contribution in [0.1, 0.15) is 29.9 Å². The predicted molar refractivity (Wildman–Crippen MR) is 65.1 cm³/mol. The molecule has 1 atom stereocenters. The second kappa shape index (κ2) is 4.23. The second-order valence-corrected chi connectivity index (χ2v) is 4.77. The molecular weight excluding hydrogens is 184 g/mol. The van der Waals surface area contributed by atoms with Gasteiger partial charge in [0.15, 0.2) is 0 Å². The third-order valence-electron chi connectivity index (χ3n) is 3.22. The zero-order valence-corrected chi connectivity index (χ0v) is 9.66. The van der Waals surface area contributed by atoms with Gasteiger partial charge in [0.05, 0.1) is 0 Å². The van der Waals surface area contributed by atoms with Crippen molar-refractivity contribution in [2.24, 2.45) is 0 Å². The Morgan fingerprint density at radius 2 is 2.20 bits per heavy atom. The SMILES string of the molecule is CN(C)CC1CCCc2cccc(N)c21. The molecule has 0 spiro atoms. The zero-order chi connectivity index (χ0) is 10.8. The highest BCUT2D eigenvalue weighted by Gasteiger charge is 2.22. The first-order valence-corrected chi connectivity index (χ1v) is 5.70. The molecule has 2 heteroatoms. The molecule has 0 saturated carbocycles. The summed E-state index contributed by atoms with van der Waals surface area (Å²) in [6.45, 7) is 1.11. The topological polar surface area (TPSA) is 29.3 Å². The maximum atomic E-state index is 6.09. The van der Waals surface area contributed by atoms with Crippen molar-refractivity contribution in [2.45, 2.75) is 25.2 Å². The normalized spacial score (nSPS) is 20.3. The molecule has 1 aromatic rings. The summed E-state index contributed by atoms with van der Waals surface area (Å²) >= 11 is 0. The number of nitrogens with two attached hydrogens (primary N) is 1. The van der Waals surface area contributed by atoms with Gasteiger partial charge in [-0.2, -0.15) is 0 Å². The summed E-state index contributed by atoms with van der Waals surface area (Å²) in [6, 6.07) is 6.34. The number of hydrogen-bond acceptors (Lipinski definition) is 2. The van der Waals surface area contributed by atoms with E-state index in [4.69, 9.17) is 5.73 Å². The van der Waals surface area contributed by atoms with Crippen molar-refractivity contribution < 1.29 is 0 Å². The molecule has 1 aliphatic carbocycles. The van der Waals surface area contributed by atoms with Gasteiger partial charge in [0.1, 0.15) is 0 Å². The number of aryl methyl sites for hydroxylation is 1. The Kier molecular flexibility index (Phi) is 2.96. The number of rotatable bonds is 2. The molecule has 1 aliphatic rings. The summed E-state index contributed by atoms with van der Waals surface area (Å²) in [6.07, 6.45) is 3.78. The van der Waals surface area contributed by atoms with Crippen LogP contribution < -0.4 is 5.73 Å². The molecule has 1 unspecified atom stereocenters. The number of benzene rings is 1. The van der Waals surface area contributed by atoms with Gasteiger partial charge in [-0.3, -0.25) is 0 Å². The van der Waals surface area contributed by atoms with Gasteiger partial charge in [-0.05, 0) is 56.5 Å². The first-order chi connectivity index (χ1) is 7.18. The van der Waals surface area contributed by atoms with Gasteiger partial charge in [-0.1, -0.05) is 12.1 Å². The van der Waals surface area contributed by atoms with Crippen molar-refractivity contribution in [1.29, 1.82) is 0 Å². The number of hydrogen-bond donors (Lipinski definition) is 1. The lowest BCUT2D eigenvalue weighted by Crippen LogP contribution is -2.24. The average molecular weight is 204 g/mol. The number of nitrogen functional groups attached to an aromatic ring is 1. The highest BCUT2D eigenvalue weighted by atomic mass is 15.1. The van der Waals surface area contributed by atoms with Crippen LogP contribution in [0, 0.1) is 0 Å². The van der Waals surface area contributed by atoms with E-state index in [2.05, 4.69) is 31.1 Å². The summed E-state index contributed by atoms with van der Waals surface area (Å²) < 4.78 is 0. The van der Waals surface area contributed by atoms with Crippen LogP contribution in [0.15, 0.2) is 18.2 Å². The van der Waals surface area contributed by atoms with Gasteiger partial charge in [0.25, 0.3) is 0 Å². The maximum absolute atomic E-state index is 6.09. The molecule has 0 aliphatic heterocycles. The monoisotopic (exact) mass is 204 g/mol. The van der Waals surface area contributed by atoms with Crippen LogP contribution in [0.2, 0.25) is 0 Å². The lowest BCUT2D eigenvalue weighted by molar-refractivity contribution is 0.353. The van der Waals surface area contributed by atoms with Crippen LogP contribution in [0.4, 0.5) is 5.69 Å². The predicted octanol–water partition coefficient (Wildman–Crippen LogP) is 2.25. The fraction of sp³-hybridized carbons (Fsp3) is 0.538. The quantitative estimate of drug-likeness (QED) is 0.749. The highest BCUT2D eigenvalue weighted by Crippen LogP contribution is 2.35. The van der Waals surface area contributed by atoms with E-state index in [0.717, 1.165) is 12.2 Å². The summed E-state index contributed by atoms with van der Waals surface area (Å²) in [4.78, 5) is 2.26. The van der Waals surface area contributed by atoms with E-state index in [-0.39, 0.29) is 0 Å². The number of nitrogens with zero attached hydrogens (tertiary/aromatic N) is 1. The minimum Gasteiger partial charge on any atom is -0.398 e. The Morgan fingerprint density at radius 1 is 1.40 bits per heavy atom. The summed E-state index contributed by atoms with van der Waals surface area (Å²) in [5.74, 6) is 0.630. The van der Waals surface area contributed by atoms with Gasteiger partial charge in [0.2, 0.25) is 0 Å². The van der Waals surface area contributed by atoms with E-state index in [0.29, 0.717) is 5.92 Å². The molecule has 2 nitrogen and oxygen atoms in total.